The standard InChI is InChI=1S/C18H27N3/c1-14(2)21-9-8-15(12-21)10-19-11-16-13-20(3)18-7-5-4-6-17(16)18/h4-7,13-15,19H,8-12H2,1-3H3. The van der Waals surface area contributed by atoms with Crippen molar-refractivity contribution in [2.24, 2.45) is 13.0 Å². The number of rotatable bonds is 5. The van der Waals surface area contributed by atoms with Gasteiger partial charge in [-0.2, -0.15) is 0 Å². The number of benzene rings is 1. The Morgan fingerprint density at radius 2 is 2.10 bits per heavy atom. The van der Waals surface area contributed by atoms with E-state index in [1.54, 1.807) is 0 Å². The minimum absolute atomic E-state index is 0.688. The van der Waals surface area contributed by atoms with Gasteiger partial charge in [-0.1, -0.05) is 18.2 Å². The summed E-state index contributed by atoms with van der Waals surface area (Å²) in [5.41, 5.74) is 2.73. The van der Waals surface area contributed by atoms with Crippen LogP contribution in [0.1, 0.15) is 25.8 Å². The summed E-state index contributed by atoms with van der Waals surface area (Å²) in [5, 5.41) is 5.05. The topological polar surface area (TPSA) is 20.2 Å². The molecule has 1 aromatic carbocycles. The first-order valence-electron chi connectivity index (χ1n) is 8.13. The number of fused-ring (bicyclic) bond motifs is 1. The molecule has 1 N–H and O–H groups in total. The van der Waals surface area contributed by atoms with E-state index in [0.717, 1.165) is 19.0 Å². The number of nitrogens with zero attached hydrogens (tertiary/aromatic N) is 2. The maximum atomic E-state index is 3.67. The smallest absolute Gasteiger partial charge is 0.0481 e. The number of aryl methyl sites for hydroxylation is 1. The summed E-state index contributed by atoms with van der Waals surface area (Å²) in [6.45, 7) is 9.21. The zero-order valence-corrected chi connectivity index (χ0v) is 13.5. The molecule has 3 rings (SSSR count). The van der Waals surface area contributed by atoms with Crippen LogP contribution in [0, 0.1) is 5.92 Å². The van der Waals surface area contributed by atoms with Gasteiger partial charge in [-0.3, -0.25) is 0 Å². The molecule has 2 heterocycles. The summed E-state index contributed by atoms with van der Waals surface area (Å²) < 4.78 is 2.22. The van der Waals surface area contributed by atoms with Crippen molar-refractivity contribution in [3.05, 3.63) is 36.0 Å². The van der Waals surface area contributed by atoms with Crippen LogP contribution in [0.4, 0.5) is 0 Å². The van der Waals surface area contributed by atoms with Crippen LogP contribution in [-0.4, -0.2) is 35.1 Å². The van der Waals surface area contributed by atoms with Crippen LogP contribution in [0.2, 0.25) is 0 Å². The van der Waals surface area contributed by atoms with Crippen LogP contribution < -0.4 is 5.32 Å². The van der Waals surface area contributed by atoms with Crippen molar-refractivity contribution in [2.45, 2.75) is 32.9 Å². The largest absolute Gasteiger partial charge is 0.350 e. The molecule has 0 saturated carbocycles. The van der Waals surface area contributed by atoms with Crippen molar-refractivity contribution >= 4 is 10.9 Å². The summed E-state index contributed by atoms with van der Waals surface area (Å²) in [7, 11) is 2.13. The fraction of sp³-hybridized carbons (Fsp3) is 0.556. The highest BCUT2D eigenvalue weighted by Gasteiger charge is 2.23. The summed E-state index contributed by atoms with van der Waals surface area (Å²) >= 11 is 0. The molecule has 21 heavy (non-hydrogen) atoms. The van der Waals surface area contributed by atoms with E-state index in [-0.39, 0.29) is 0 Å². The molecule has 1 fully saturated rings. The number of para-hydroxylation sites is 1. The Morgan fingerprint density at radius 3 is 2.86 bits per heavy atom. The molecule has 3 heteroatoms. The highest BCUT2D eigenvalue weighted by atomic mass is 15.2. The average molecular weight is 285 g/mol. The van der Waals surface area contributed by atoms with Crippen molar-refractivity contribution in [3.63, 3.8) is 0 Å². The number of hydrogen-bond acceptors (Lipinski definition) is 2. The van der Waals surface area contributed by atoms with Crippen molar-refractivity contribution < 1.29 is 0 Å². The van der Waals surface area contributed by atoms with Gasteiger partial charge in [0.25, 0.3) is 0 Å². The lowest BCUT2D eigenvalue weighted by atomic mass is 10.1. The lowest BCUT2D eigenvalue weighted by Crippen LogP contribution is -2.30. The van der Waals surface area contributed by atoms with Crippen LogP contribution in [0.5, 0.6) is 0 Å². The normalized spacial score (nSPS) is 19.9. The lowest BCUT2D eigenvalue weighted by molar-refractivity contribution is 0.264. The van der Waals surface area contributed by atoms with Gasteiger partial charge in [-0.25, -0.2) is 0 Å². The first-order valence-corrected chi connectivity index (χ1v) is 8.13. The third-order valence-corrected chi connectivity index (χ3v) is 4.78. The molecule has 1 saturated heterocycles. The zero-order valence-electron chi connectivity index (χ0n) is 13.5. The molecule has 0 amide bonds. The molecular formula is C18H27N3. The van der Waals surface area contributed by atoms with Gasteiger partial charge in [0.2, 0.25) is 0 Å². The zero-order chi connectivity index (χ0) is 14.8. The van der Waals surface area contributed by atoms with Crippen LogP contribution >= 0.6 is 0 Å². The maximum absolute atomic E-state index is 3.67. The van der Waals surface area contributed by atoms with Gasteiger partial charge < -0.3 is 14.8 Å². The number of hydrogen-bond donors (Lipinski definition) is 1. The number of likely N-dealkylation sites (tertiary alicyclic amines) is 1. The molecule has 2 aromatic rings. The fourth-order valence-electron chi connectivity index (χ4n) is 3.48. The third kappa shape index (κ3) is 3.14. The monoisotopic (exact) mass is 285 g/mol. The molecule has 0 aliphatic carbocycles. The molecule has 1 aromatic heterocycles. The predicted octanol–water partition coefficient (Wildman–Crippen LogP) is 3.00. The molecule has 1 aliphatic rings. The number of nitrogens with one attached hydrogen (secondary N) is 1. The van der Waals surface area contributed by atoms with E-state index < -0.39 is 0 Å². The van der Waals surface area contributed by atoms with Crippen molar-refractivity contribution in [2.75, 3.05) is 19.6 Å². The molecule has 0 radical (unpaired) electrons. The second-order valence-corrected chi connectivity index (χ2v) is 6.66. The second kappa shape index (κ2) is 6.20. The molecule has 114 valence electrons. The van der Waals surface area contributed by atoms with Crippen LogP contribution in [0.15, 0.2) is 30.5 Å². The Labute approximate surface area is 127 Å². The van der Waals surface area contributed by atoms with Gasteiger partial charge >= 0.3 is 0 Å². The van der Waals surface area contributed by atoms with E-state index in [1.165, 1.54) is 36.0 Å². The van der Waals surface area contributed by atoms with Crippen molar-refractivity contribution in [1.29, 1.82) is 0 Å². The highest BCUT2D eigenvalue weighted by Crippen LogP contribution is 2.21. The molecule has 1 unspecified atom stereocenters. The average Bonchev–Trinajstić information content (AvgIpc) is 3.06. The van der Waals surface area contributed by atoms with E-state index in [2.05, 4.69) is 66.1 Å². The Morgan fingerprint density at radius 1 is 1.29 bits per heavy atom. The van der Waals surface area contributed by atoms with E-state index >= 15 is 0 Å². The summed E-state index contributed by atoms with van der Waals surface area (Å²) in [4.78, 5) is 2.59. The van der Waals surface area contributed by atoms with Gasteiger partial charge in [-0.15, -0.1) is 0 Å². The lowest BCUT2D eigenvalue weighted by Gasteiger charge is -2.20. The predicted molar refractivity (Wildman–Crippen MR) is 89.4 cm³/mol. The van der Waals surface area contributed by atoms with E-state index in [9.17, 15) is 0 Å². The molecule has 0 spiro atoms. The van der Waals surface area contributed by atoms with Crippen LogP contribution in [0.25, 0.3) is 10.9 Å². The third-order valence-electron chi connectivity index (χ3n) is 4.78. The Bertz CT molecular complexity index is 600. The highest BCUT2D eigenvalue weighted by molar-refractivity contribution is 5.83. The van der Waals surface area contributed by atoms with Gasteiger partial charge in [0.1, 0.15) is 0 Å². The SMILES string of the molecule is CC(C)N1CCC(CNCc2cn(C)c3ccccc23)C1. The quantitative estimate of drug-likeness (QED) is 0.911. The van der Waals surface area contributed by atoms with Crippen molar-refractivity contribution in [1.82, 2.24) is 14.8 Å². The van der Waals surface area contributed by atoms with Gasteiger partial charge in [0.15, 0.2) is 0 Å². The number of aromatic nitrogens is 1. The molecule has 3 nitrogen and oxygen atoms in total. The summed E-state index contributed by atoms with van der Waals surface area (Å²) in [6, 6.07) is 9.34. The van der Waals surface area contributed by atoms with Gasteiger partial charge in [-0.05, 0) is 50.9 Å². The molecule has 1 atom stereocenters. The summed E-state index contributed by atoms with van der Waals surface area (Å²) in [5.74, 6) is 0.808. The Balaban J connectivity index is 1.56. The van der Waals surface area contributed by atoms with Gasteiger partial charge in [0, 0.05) is 43.3 Å². The van der Waals surface area contributed by atoms with Crippen LogP contribution in [-0.2, 0) is 13.6 Å². The molecular weight excluding hydrogens is 258 g/mol. The summed E-state index contributed by atoms with van der Waals surface area (Å²) in [6.07, 6.45) is 3.59. The van der Waals surface area contributed by atoms with E-state index in [0.29, 0.717) is 6.04 Å². The van der Waals surface area contributed by atoms with Gasteiger partial charge in [0.05, 0.1) is 0 Å². The minimum Gasteiger partial charge on any atom is -0.350 e. The van der Waals surface area contributed by atoms with Crippen molar-refractivity contribution in [3.8, 4) is 0 Å². The first kappa shape index (κ1) is 14.6. The van der Waals surface area contributed by atoms with Crippen LogP contribution in [0.3, 0.4) is 0 Å². The first-order chi connectivity index (χ1) is 10.1. The minimum atomic E-state index is 0.688. The van der Waals surface area contributed by atoms with E-state index in [1.807, 2.05) is 0 Å². The Kier molecular flexibility index (Phi) is 4.32. The Hall–Kier alpha value is -1.32. The van der Waals surface area contributed by atoms with E-state index in [4.69, 9.17) is 0 Å². The maximum Gasteiger partial charge on any atom is 0.0481 e. The fourth-order valence-corrected chi connectivity index (χ4v) is 3.48. The molecule has 0 bridgehead atoms. The molecule has 1 aliphatic heterocycles. The second-order valence-electron chi connectivity index (χ2n) is 6.66.